The number of nitrogens with one attached hydrogen (secondary N) is 1. The maximum Gasteiger partial charge on any atom is 0.325 e. The van der Waals surface area contributed by atoms with Crippen LogP contribution in [0.1, 0.15) is 19.8 Å². The lowest BCUT2D eigenvalue weighted by atomic mass is 9.97. The first kappa shape index (κ1) is 14.9. The van der Waals surface area contributed by atoms with E-state index >= 15 is 0 Å². The minimum Gasteiger partial charge on any atom is -0.468 e. The first-order chi connectivity index (χ1) is 8.62. The van der Waals surface area contributed by atoms with Crippen molar-refractivity contribution >= 4 is 17.7 Å². The molecule has 0 saturated heterocycles. The maximum atomic E-state index is 11.6. The van der Waals surface area contributed by atoms with E-state index in [1.54, 1.807) is 37.3 Å². The van der Waals surface area contributed by atoms with Gasteiger partial charge in [-0.25, -0.2) is 9.97 Å². The molecule has 6 heteroatoms. The largest absolute Gasteiger partial charge is 0.468 e. The molecule has 0 radical (unpaired) electrons. The molecule has 100 valence electrons. The SMILES string of the molecule is CNC(C)(CCCSc1ncccn1)C(=O)OC. The van der Waals surface area contributed by atoms with Crippen LogP contribution in [0.5, 0.6) is 0 Å². The van der Waals surface area contributed by atoms with Gasteiger partial charge in [0.05, 0.1) is 7.11 Å². The van der Waals surface area contributed by atoms with Gasteiger partial charge in [-0.1, -0.05) is 11.8 Å². The van der Waals surface area contributed by atoms with Crippen molar-refractivity contribution in [3.8, 4) is 0 Å². The Hall–Kier alpha value is -1.14. The second-order valence-corrected chi connectivity index (χ2v) is 5.12. The Morgan fingerprint density at radius 3 is 2.72 bits per heavy atom. The van der Waals surface area contributed by atoms with E-state index in [9.17, 15) is 4.79 Å². The molecule has 0 fully saturated rings. The summed E-state index contributed by atoms with van der Waals surface area (Å²) >= 11 is 1.59. The van der Waals surface area contributed by atoms with E-state index in [4.69, 9.17) is 4.74 Å². The van der Waals surface area contributed by atoms with E-state index in [2.05, 4.69) is 15.3 Å². The molecule has 0 amide bonds. The van der Waals surface area contributed by atoms with E-state index < -0.39 is 5.54 Å². The molecule has 5 nitrogen and oxygen atoms in total. The van der Waals surface area contributed by atoms with Crippen molar-refractivity contribution < 1.29 is 9.53 Å². The third-order valence-corrected chi connectivity index (χ3v) is 3.74. The number of carbonyl (C=O) groups is 1. The Kier molecular flexibility index (Phi) is 6.07. The molecule has 1 N–H and O–H groups in total. The van der Waals surface area contributed by atoms with Crippen molar-refractivity contribution in [2.45, 2.75) is 30.5 Å². The van der Waals surface area contributed by atoms with E-state index in [0.29, 0.717) is 0 Å². The highest BCUT2D eigenvalue weighted by atomic mass is 32.2. The normalized spacial score (nSPS) is 13.9. The van der Waals surface area contributed by atoms with Crippen LogP contribution in [-0.4, -0.2) is 41.4 Å². The van der Waals surface area contributed by atoms with Gasteiger partial charge in [0.25, 0.3) is 0 Å². The number of thioether (sulfide) groups is 1. The molecule has 0 aliphatic heterocycles. The highest BCUT2D eigenvalue weighted by molar-refractivity contribution is 7.99. The fourth-order valence-corrected chi connectivity index (χ4v) is 2.25. The zero-order valence-electron chi connectivity index (χ0n) is 11.0. The van der Waals surface area contributed by atoms with Crippen LogP contribution >= 0.6 is 11.8 Å². The number of hydrogen-bond donors (Lipinski definition) is 1. The number of carbonyl (C=O) groups excluding carboxylic acids is 1. The molecular weight excluding hydrogens is 250 g/mol. The Bertz CT molecular complexity index is 375. The number of hydrogen-bond acceptors (Lipinski definition) is 6. The van der Waals surface area contributed by atoms with E-state index in [1.807, 2.05) is 6.92 Å². The van der Waals surface area contributed by atoms with Gasteiger partial charge in [0.15, 0.2) is 5.16 Å². The second kappa shape index (κ2) is 7.33. The predicted octanol–water partition coefficient (Wildman–Crippen LogP) is 1.50. The van der Waals surface area contributed by atoms with Crippen molar-refractivity contribution in [2.75, 3.05) is 19.9 Å². The summed E-state index contributed by atoms with van der Waals surface area (Å²) in [7, 11) is 3.18. The van der Waals surface area contributed by atoms with Crippen LogP contribution in [0.2, 0.25) is 0 Å². The van der Waals surface area contributed by atoms with E-state index in [0.717, 1.165) is 23.8 Å². The molecule has 0 saturated carbocycles. The smallest absolute Gasteiger partial charge is 0.325 e. The lowest BCUT2D eigenvalue weighted by Crippen LogP contribution is -2.48. The Morgan fingerprint density at radius 1 is 1.50 bits per heavy atom. The van der Waals surface area contributed by atoms with Crippen LogP contribution in [0.4, 0.5) is 0 Å². The van der Waals surface area contributed by atoms with Gasteiger partial charge >= 0.3 is 5.97 Å². The predicted molar refractivity (Wildman–Crippen MR) is 71.5 cm³/mol. The van der Waals surface area contributed by atoms with E-state index in [1.165, 1.54) is 7.11 Å². The summed E-state index contributed by atoms with van der Waals surface area (Å²) in [5, 5.41) is 3.78. The Morgan fingerprint density at radius 2 is 2.17 bits per heavy atom. The first-order valence-electron chi connectivity index (χ1n) is 5.79. The van der Waals surface area contributed by atoms with Gasteiger partial charge in [0, 0.05) is 18.1 Å². The maximum absolute atomic E-state index is 11.6. The minimum atomic E-state index is -0.618. The molecule has 1 aromatic heterocycles. The average Bonchev–Trinajstić information content (AvgIpc) is 2.43. The minimum absolute atomic E-state index is 0.231. The summed E-state index contributed by atoms with van der Waals surface area (Å²) in [6.07, 6.45) is 5.05. The highest BCUT2D eigenvalue weighted by Gasteiger charge is 2.31. The van der Waals surface area contributed by atoms with Crippen molar-refractivity contribution in [3.63, 3.8) is 0 Å². The molecule has 1 aromatic rings. The van der Waals surface area contributed by atoms with Crippen molar-refractivity contribution in [3.05, 3.63) is 18.5 Å². The van der Waals surface area contributed by atoms with Gasteiger partial charge in [-0.05, 0) is 32.9 Å². The summed E-state index contributed by atoms with van der Waals surface area (Å²) in [5.74, 6) is 0.643. The van der Waals surface area contributed by atoms with Crippen molar-refractivity contribution in [1.29, 1.82) is 0 Å². The van der Waals surface area contributed by atoms with Gasteiger partial charge in [0.1, 0.15) is 5.54 Å². The van der Waals surface area contributed by atoms with E-state index in [-0.39, 0.29) is 5.97 Å². The standard InChI is InChI=1S/C12H19N3O2S/c1-12(13-2,10(16)17-3)6-4-9-18-11-14-7-5-8-15-11/h5,7-8,13H,4,6,9H2,1-3H3. The Labute approximate surface area is 112 Å². The summed E-state index contributed by atoms with van der Waals surface area (Å²) < 4.78 is 4.79. The summed E-state index contributed by atoms with van der Waals surface area (Å²) in [6, 6.07) is 1.79. The number of aromatic nitrogens is 2. The molecule has 18 heavy (non-hydrogen) atoms. The summed E-state index contributed by atoms with van der Waals surface area (Å²) in [4.78, 5) is 19.9. The summed E-state index contributed by atoms with van der Waals surface area (Å²) in [5.41, 5.74) is -0.618. The molecule has 1 atom stereocenters. The Balaban J connectivity index is 2.34. The molecule has 1 heterocycles. The number of esters is 1. The van der Waals surface area contributed by atoms with Crippen LogP contribution in [0.3, 0.4) is 0 Å². The van der Waals surface area contributed by atoms with Crippen LogP contribution in [0.15, 0.2) is 23.6 Å². The summed E-state index contributed by atoms with van der Waals surface area (Å²) in [6.45, 7) is 1.85. The third kappa shape index (κ3) is 4.27. The fourth-order valence-electron chi connectivity index (χ4n) is 1.50. The molecule has 0 aromatic carbocycles. The van der Waals surface area contributed by atoms with Gasteiger partial charge < -0.3 is 10.1 Å². The highest BCUT2D eigenvalue weighted by Crippen LogP contribution is 2.18. The molecule has 0 spiro atoms. The second-order valence-electron chi connectivity index (χ2n) is 4.06. The van der Waals surface area contributed by atoms with Crippen LogP contribution in [-0.2, 0) is 9.53 Å². The fraction of sp³-hybridized carbons (Fsp3) is 0.583. The quantitative estimate of drug-likeness (QED) is 0.350. The first-order valence-corrected chi connectivity index (χ1v) is 6.78. The van der Waals surface area contributed by atoms with Gasteiger partial charge in [-0.2, -0.15) is 0 Å². The number of methoxy groups -OCH3 is 1. The molecular formula is C12H19N3O2S. The topological polar surface area (TPSA) is 64.1 Å². The van der Waals surface area contributed by atoms with Crippen LogP contribution in [0.25, 0.3) is 0 Å². The molecule has 0 aliphatic rings. The number of rotatable bonds is 7. The molecule has 1 unspecified atom stereocenters. The number of nitrogens with zero attached hydrogens (tertiary/aromatic N) is 2. The molecule has 1 rings (SSSR count). The van der Waals surface area contributed by atoms with Crippen LogP contribution in [0, 0.1) is 0 Å². The lowest BCUT2D eigenvalue weighted by Gasteiger charge is -2.25. The average molecular weight is 269 g/mol. The third-order valence-electron chi connectivity index (χ3n) is 2.78. The molecule has 0 aliphatic carbocycles. The van der Waals surface area contributed by atoms with Gasteiger partial charge in [-0.3, -0.25) is 4.79 Å². The number of ether oxygens (including phenoxy) is 1. The van der Waals surface area contributed by atoms with Crippen molar-refractivity contribution in [1.82, 2.24) is 15.3 Å². The van der Waals surface area contributed by atoms with Crippen LogP contribution < -0.4 is 5.32 Å². The number of likely N-dealkylation sites (N-methyl/N-ethyl adjacent to an activating group) is 1. The van der Waals surface area contributed by atoms with Crippen molar-refractivity contribution in [2.24, 2.45) is 0 Å². The monoisotopic (exact) mass is 269 g/mol. The zero-order valence-corrected chi connectivity index (χ0v) is 11.8. The van der Waals surface area contributed by atoms with Gasteiger partial charge in [-0.15, -0.1) is 0 Å². The lowest BCUT2D eigenvalue weighted by molar-refractivity contribution is -0.148. The zero-order chi connectivity index (χ0) is 13.4. The van der Waals surface area contributed by atoms with Gasteiger partial charge in [0.2, 0.25) is 0 Å². The molecule has 0 bridgehead atoms.